The fourth-order valence-corrected chi connectivity index (χ4v) is 2.28. The summed E-state index contributed by atoms with van der Waals surface area (Å²) in [6, 6.07) is 6.08. The molecule has 17 heavy (non-hydrogen) atoms. The van der Waals surface area contributed by atoms with Crippen LogP contribution in [-0.2, 0) is 0 Å². The van der Waals surface area contributed by atoms with Crippen LogP contribution in [0.3, 0.4) is 0 Å². The van der Waals surface area contributed by atoms with Crippen LogP contribution in [-0.4, -0.2) is 16.2 Å². The molecule has 0 aliphatic rings. The molecule has 0 fully saturated rings. The van der Waals surface area contributed by atoms with Crippen molar-refractivity contribution < 1.29 is 0 Å². The molecule has 5 nitrogen and oxygen atoms in total. The van der Waals surface area contributed by atoms with E-state index in [-0.39, 0.29) is 5.96 Å². The zero-order valence-corrected chi connectivity index (χ0v) is 10.5. The molecule has 1 aromatic carbocycles. The van der Waals surface area contributed by atoms with Crippen molar-refractivity contribution in [1.29, 1.82) is 0 Å². The molecular weight excluding hydrogens is 234 g/mol. The van der Waals surface area contributed by atoms with E-state index < -0.39 is 0 Å². The van der Waals surface area contributed by atoms with Crippen LogP contribution >= 0.6 is 11.3 Å². The zero-order valence-electron chi connectivity index (χ0n) is 9.64. The second kappa shape index (κ2) is 4.50. The van der Waals surface area contributed by atoms with Crippen molar-refractivity contribution in [3.8, 4) is 10.6 Å². The van der Waals surface area contributed by atoms with Gasteiger partial charge in [0, 0.05) is 5.56 Å². The van der Waals surface area contributed by atoms with Gasteiger partial charge in [-0.2, -0.15) is 4.99 Å². The minimum absolute atomic E-state index is 0.00587. The van der Waals surface area contributed by atoms with Gasteiger partial charge in [-0.05, 0) is 25.0 Å². The number of rotatable bonds is 2. The standard InChI is InChI=1S/C11H13N5S/c1-6-4-3-5-8(7(6)2)9-15-16-11(17-9)14-10(12)13/h3-5H,1-2H3,(H4,12,13,14,16). The first-order valence-corrected chi connectivity index (χ1v) is 5.89. The quantitative estimate of drug-likeness (QED) is 0.624. The summed E-state index contributed by atoms with van der Waals surface area (Å²) in [5, 5.41) is 9.31. The molecule has 0 spiro atoms. The lowest BCUT2D eigenvalue weighted by Gasteiger charge is -2.03. The van der Waals surface area contributed by atoms with Crippen LogP contribution in [0, 0.1) is 13.8 Å². The second-order valence-electron chi connectivity index (χ2n) is 3.67. The molecule has 2 rings (SSSR count). The van der Waals surface area contributed by atoms with E-state index >= 15 is 0 Å². The van der Waals surface area contributed by atoms with E-state index in [1.165, 1.54) is 22.5 Å². The largest absolute Gasteiger partial charge is 0.370 e. The first kappa shape index (κ1) is 11.5. The Morgan fingerprint density at radius 1 is 1.24 bits per heavy atom. The molecule has 0 radical (unpaired) electrons. The lowest BCUT2D eigenvalue weighted by atomic mass is 10.0. The highest BCUT2D eigenvalue weighted by atomic mass is 32.1. The first-order valence-electron chi connectivity index (χ1n) is 5.07. The van der Waals surface area contributed by atoms with Gasteiger partial charge >= 0.3 is 0 Å². The van der Waals surface area contributed by atoms with E-state index in [1.54, 1.807) is 0 Å². The molecule has 6 heteroatoms. The summed E-state index contributed by atoms with van der Waals surface area (Å²) < 4.78 is 0. The molecule has 88 valence electrons. The van der Waals surface area contributed by atoms with Crippen molar-refractivity contribution in [3.05, 3.63) is 29.3 Å². The van der Waals surface area contributed by atoms with E-state index in [9.17, 15) is 0 Å². The first-order chi connectivity index (χ1) is 8.08. The third-order valence-corrected chi connectivity index (χ3v) is 3.32. The molecule has 0 saturated heterocycles. The fourth-order valence-electron chi connectivity index (χ4n) is 1.46. The summed E-state index contributed by atoms with van der Waals surface area (Å²) in [5.74, 6) is -0.00587. The maximum Gasteiger partial charge on any atom is 0.235 e. The Labute approximate surface area is 103 Å². The predicted molar refractivity (Wildman–Crippen MR) is 70.3 cm³/mol. The van der Waals surface area contributed by atoms with Crippen LogP contribution in [0.25, 0.3) is 10.6 Å². The molecule has 0 amide bonds. The monoisotopic (exact) mass is 247 g/mol. The highest BCUT2D eigenvalue weighted by Crippen LogP contribution is 2.31. The lowest BCUT2D eigenvalue weighted by molar-refractivity contribution is 1.08. The third-order valence-electron chi connectivity index (χ3n) is 2.47. The summed E-state index contributed by atoms with van der Waals surface area (Å²) in [4.78, 5) is 3.87. The Bertz CT molecular complexity index is 569. The van der Waals surface area contributed by atoms with E-state index in [0.29, 0.717) is 5.13 Å². The number of hydrogen-bond acceptors (Lipinski definition) is 4. The predicted octanol–water partition coefficient (Wildman–Crippen LogP) is 1.73. The molecule has 4 N–H and O–H groups in total. The van der Waals surface area contributed by atoms with Crippen molar-refractivity contribution in [1.82, 2.24) is 10.2 Å². The molecule has 0 aliphatic heterocycles. The van der Waals surface area contributed by atoms with Crippen molar-refractivity contribution in [2.24, 2.45) is 16.5 Å². The van der Waals surface area contributed by atoms with E-state index in [0.717, 1.165) is 10.6 Å². The highest BCUT2D eigenvalue weighted by molar-refractivity contribution is 7.18. The van der Waals surface area contributed by atoms with Gasteiger partial charge < -0.3 is 11.5 Å². The molecule has 0 saturated carbocycles. The Morgan fingerprint density at radius 2 is 2.00 bits per heavy atom. The lowest BCUT2D eigenvalue weighted by Crippen LogP contribution is -2.21. The molecular formula is C11H13N5S. The number of hydrogen-bond donors (Lipinski definition) is 2. The summed E-state index contributed by atoms with van der Waals surface area (Å²) in [5.41, 5.74) is 14.1. The minimum Gasteiger partial charge on any atom is -0.370 e. The molecule has 2 aromatic rings. The van der Waals surface area contributed by atoms with Gasteiger partial charge in [0.05, 0.1) is 0 Å². The van der Waals surface area contributed by atoms with Gasteiger partial charge in [-0.3, -0.25) is 0 Å². The van der Waals surface area contributed by atoms with Crippen molar-refractivity contribution >= 4 is 22.4 Å². The van der Waals surface area contributed by atoms with Gasteiger partial charge in [0.25, 0.3) is 0 Å². The van der Waals surface area contributed by atoms with Gasteiger partial charge in [-0.25, -0.2) is 0 Å². The summed E-state index contributed by atoms with van der Waals surface area (Å²) in [6.45, 7) is 4.13. The van der Waals surface area contributed by atoms with Gasteiger partial charge in [-0.1, -0.05) is 29.5 Å². The second-order valence-corrected chi connectivity index (χ2v) is 4.63. The van der Waals surface area contributed by atoms with Crippen LogP contribution in [0.1, 0.15) is 11.1 Å². The molecule has 1 heterocycles. The van der Waals surface area contributed by atoms with Crippen molar-refractivity contribution in [2.75, 3.05) is 0 Å². The SMILES string of the molecule is Cc1cccc(-c2nnc(N=C(N)N)s2)c1C. The number of aromatic nitrogens is 2. The Kier molecular flexibility index (Phi) is 3.06. The maximum absolute atomic E-state index is 5.29. The molecule has 0 aliphatic carbocycles. The van der Waals surface area contributed by atoms with E-state index in [2.05, 4.69) is 35.1 Å². The van der Waals surface area contributed by atoms with Crippen LogP contribution in [0.15, 0.2) is 23.2 Å². The number of benzene rings is 1. The Hall–Kier alpha value is -1.95. The van der Waals surface area contributed by atoms with E-state index in [4.69, 9.17) is 11.5 Å². The summed E-state index contributed by atoms with van der Waals surface area (Å²) in [6.07, 6.45) is 0. The number of aryl methyl sites for hydroxylation is 1. The third kappa shape index (κ3) is 2.42. The number of guanidine groups is 1. The highest BCUT2D eigenvalue weighted by Gasteiger charge is 2.09. The van der Waals surface area contributed by atoms with Crippen LogP contribution < -0.4 is 11.5 Å². The van der Waals surface area contributed by atoms with Crippen molar-refractivity contribution in [3.63, 3.8) is 0 Å². The number of aliphatic imine (C=N–C) groups is 1. The molecule has 1 aromatic heterocycles. The normalized spacial score (nSPS) is 10.2. The molecule has 0 bridgehead atoms. The maximum atomic E-state index is 5.29. The number of nitrogens with two attached hydrogens (primary N) is 2. The average molecular weight is 247 g/mol. The summed E-state index contributed by atoms with van der Waals surface area (Å²) in [7, 11) is 0. The topological polar surface area (TPSA) is 90.2 Å². The Balaban J connectivity index is 2.44. The van der Waals surface area contributed by atoms with Crippen molar-refractivity contribution in [2.45, 2.75) is 13.8 Å². The fraction of sp³-hybridized carbons (Fsp3) is 0.182. The molecule has 0 unspecified atom stereocenters. The summed E-state index contributed by atoms with van der Waals surface area (Å²) >= 11 is 1.37. The minimum atomic E-state index is -0.00587. The Morgan fingerprint density at radius 3 is 2.71 bits per heavy atom. The van der Waals surface area contributed by atoms with Crippen LogP contribution in [0.4, 0.5) is 5.13 Å². The van der Waals surface area contributed by atoms with Gasteiger partial charge in [0.15, 0.2) is 5.96 Å². The molecule has 0 atom stereocenters. The average Bonchev–Trinajstić information content (AvgIpc) is 2.69. The van der Waals surface area contributed by atoms with Gasteiger partial charge in [0.1, 0.15) is 5.01 Å². The smallest absolute Gasteiger partial charge is 0.235 e. The van der Waals surface area contributed by atoms with Crippen LogP contribution in [0.5, 0.6) is 0 Å². The van der Waals surface area contributed by atoms with Crippen LogP contribution in [0.2, 0.25) is 0 Å². The number of nitrogens with zero attached hydrogens (tertiary/aromatic N) is 3. The van der Waals surface area contributed by atoms with E-state index in [1.807, 2.05) is 12.1 Å². The zero-order chi connectivity index (χ0) is 12.4. The van der Waals surface area contributed by atoms with Gasteiger partial charge in [-0.15, -0.1) is 10.2 Å². The van der Waals surface area contributed by atoms with Gasteiger partial charge in [0.2, 0.25) is 5.13 Å².